The van der Waals surface area contributed by atoms with Crippen LogP contribution in [0.15, 0.2) is 48.8 Å². The molecule has 2 atom stereocenters. The molecule has 0 unspecified atom stereocenters. The topological polar surface area (TPSA) is 53.5 Å². The molecule has 2 bridgehead atoms. The molecule has 2 aromatic rings. The Kier molecular flexibility index (Phi) is 4.64. The number of benzene rings is 1. The number of amides is 2. The van der Waals surface area contributed by atoms with Gasteiger partial charge in [0.2, 0.25) is 0 Å². The van der Waals surface area contributed by atoms with Crippen molar-refractivity contribution in [1.29, 1.82) is 0 Å². The van der Waals surface area contributed by atoms with Crippen molar-refractivity contribution in [2.75, 3.05) is 19.6 Å². The summed E-state index contributed by atoms with van der Waals surface area (Å²) < 4.78 is 0. The molecule has 6 heteroatoms. The molecular formula is C20H20ClN3O2. The number of aromatic nitrogens is 1. The van der Waals surface area contributed by atoms with E-state index in [2.05, 4.69) is 4.98 Å². The molecule has 0 N–H and O–H groups in total. The van der Waals surface area contributed by atoms with Gasteiger partial charge in [0.25, 0.3) is 11.8 Å². The number of fused-ring (bicyclic) bond motifs is 4. The molecule has 2 amide bonds. The van der Waals surface area contributed by atoms with Crippen LogP contribution in [0.5, 0.6) is 0 Å². The van der Waals surface area contributed by atoms with Gasteiger partial charge >= 0.3 is 0 Å². The maximum absolute atomic E-state index is 13.0. The van der Waals surface area contributed by atoms with E-state index in [1.165, 1.54) is 0 Å². The Labute approximate surface area is 157 Å². The zero-order chi connectivity index (χ0) is 18.1. The lowest BCUT2D eigenvalue weighted by Crippen LogP contribution is -2.47. The molecule has 0 aliphatic carbocycles. The van der Waals surface area contributed by atoms with Crippen LogP contribution in [-0.4, -0.2) is 52.3 Å². The SMILES string of the molecule is O=C(c1cccnc1)N1C[C@@H]2CC[C@H](C1)N(C(=O)c1cccc(Cl)c1)C2. The van der Waals surface area contributed by atoms with E-state index in [-0.39, 0.29) is 17.9 Å². The summed E-state index contributed by atoms with van der Waals surface area (Å²) in [5.74, 6) is 0.294. The lowest BCUT2D eigenvalue weighted by atomic mass is 9.94. The molecule has 3 saturated heterocycles. The first-order valence-corrected chi connectivity index (χ1v) is 9.25. The summed E-state index contributed by atoms with van der Waals surface area (Å²) in [6.07, 6.45) is 5.23. The van der Waals surface area contributed by atoms with Crippen molar-refractivity contribution in [1.82, 2.24) is 14.8 Å². The van der Waals surface area contributed by atoms with Crippen molar-refractivity contribution < 1.29 is 9.59 Å². The zero-order valence-electron chi connectivity index (χ0n) is 14.3. The second-order valence-electron chi connectivity index (χ2n) is 7.02. The van der Waals surface area contributed by atoms with Crippen LogP contribution >= 0.6 is 11.6 Å². The maximum atomic E-state index is 13.0. The number of piperidine rings is 1. The smallest absolute Gasteiger partial charge is 0.255 e. The summed E-state index contributed by atoms with van der Waals surface area (Å²) in [6, 6.07) is 10.7. The van der Waals surface area contributed by atoms with Gasteiger partial charge in [0.15, 0.2) is 0 Å². The lowest BCUT2D eigenvalue weighted by molar-refractivity contribution is 0.0574. The van der Waals surface area contributed by atoms with Gasteiger partial charge in [0, 0.05) is 48.7 Å². The van der Waals surface area contributed by atoms with Crippen LogP contribution < -0.4 is 0 Å². The first-order valence-electron chi connectivity index (χ1n) is 8.87. The van der Waals surface area contributed by atoms with Crippen LogP contribution in [0, 0.1) is 5.92 Å². The summed E-state index contributed by atoms with van der Waals surface area (Å²) in [7, 11) is 0. The highest BCUT2D eigenvalue weighted by molar-refractivity contribution is 6.30. The quantitative estimate of drug-likeness (QED) is 0.817. The van der Waals surface area contributed by atoms with E-state index in [1.54, 1.807) is 48.8 Å². The fourth-order valence-electron chi connectivity index (χ4n) is 3.96. The van der Waals surface area contributed by atoms with E-state index >= 15 is 0 Å². The molecule has 0 radical (unpaired) electrons. The second kappa shape index (κ2) is 7.08. The van der Waals surface area contributed by atoms with Gasteiger partial charge in [-0.25, -0.2) is 0 Å². The van der Waals surface area contributed by atoms with Crippen molar-refractivity contribution in [3.63, 3.8) is 0 Å². The predicted molar refractivity (Wildman–Crippen MR) is 99.1 cm³/mol. The maximum Gasteiger partial charge on any atom is 0.255 e. The minimum atomic E-state index is -0.00736. The van der Waals surface area contributed by atoms with Gasteiger partial charge in [0.1, 0.15) is 0 Å². The Bertz CT molecular complexity index is 827. The minimum Gasteiger partial charge on any atom is -0.336 e. The highest BCUT2D eigenvalue weighted by atomic mass is 35.5. The largest absolute Gasteiger partial charge is 0.336 e. The number of hydrogen-bond donors (Lipinski definition) is 0. The molecule has 0 saturated carbocycles. The number of pyridine rings is 1. The molecule has 134 valence electrons. The van der Waals surface area contributed by atoms with Crippen LogP contribution in [0.25, 0.3) is 0 Å². The van der Waals surface area contributed by atoms with Crippen LogP contribution in [0.2, 0.25) is 5.02 Å². The Morgan fingerprint density at radius 1 is 1.00 bits per heavy atom. The van der Waals surface area contributed by atoms with Crippen molar-refractivity contribution >= 4 is 23.4 Å². The van der Waals surface area contributed by atoms with Gasteiger partial charge in [-0.3, -0.25) is 14.6 Å². The fraction of sp³-hybridized carbons (Fsp3) is 0.350. The van der Waals surface area contributed by atoms with Crippen molar-refractivity contribution in [3.05, 3.63) is 64.9 Å². The van der Waals surface area contributed by atoms with E-state index in [1.807, 2.05) is 9.80 Å². The highest BCUT2D eigenvalue weighted by Crippen LogP contribution is 2.30. The van der Waals surface area contributed by atoms with E-state index < -0.39 is 0 Å². The Morgan fingerprint density at radius 3 is 2.62 bits per heavy atom. The molecule has 3 fully saturated rings. The number of halogens is 1. The van der Waals surface area contributed by atoms with Crippen molar-refractivity contribution in [3.8, 4) is 0 Å². The minimum absolute atomic E-state index is 0.00197. The van der Waals surface area contributed by atoms with Gasteiger partial charge in [-0.2, -0.15) is 0 Å². The molecule has 3 aliphatic heterocycles. The average Bonchev–Trinajstić information content (AvgIpc) is 2.99. The number of carbonyl (C=O) groups is 2. The first-order chi connectivity index (χ1) is 12.6. The van der Waals surface area contributed by atoms with Crippen LogP contribution in [0.3, 0.4) is 0 Å². The third kappa shape index (κ3) is 3.31. The monoisotopic (exact) mass is 369 g/mol. The third-order valence-electron chi connectivity index (χ3n) is 5.24. The molecular weight excluding hydrogens is 350 g/mol. The molecule has 1 aromatic carbocycles. The standard InChI is InChI=1S/C20H20ClN3O2/c21-17-5-1-3-15(9-17)20(26)24-12-14-6-7-18(24)13-23(11-14)19(25)16-4-2-8-22-10-16/h1-5,8-10,14,18H,6-7,11-13H2/t14-,18+/m0/s1. The van der Waals surface area contributed by atoms with E-state index in [4.69, 9.17) is 11.6 Å². The predicted octanol–water partition coefficient (Wildman–Crippen LogP) is 3.11. The zero-order valence-corrected chi connectivity index (χ0v) is 15.1. The summed E-state index contributed by atoms with van der Waals surface area (Å²) >= 11 is 6.04. The number of rotatable bonds is 2. The summed E-state index contributed by atoms with van der Waals surface area (Å²) in [4.78, 5) is 33.7. The Balaban J connectivity index is 1.55. The molecule has 4 heterocycles. The van der Waals surface area contributed by atoms with Gasteiger partial charge < -0.3 is 9.80 Å². The summed E-state index contributed by atoms with van der Waals surface area (Å²) in [6.45, 7) is 1.94. The number of carbonyl (C=O) groups excluding carboxylic acids is 2. The molecule has 1 aromatic heterocycles. The lowest BCUT2D eigenvalue weighted by Gasteiger charge is -2.36. The number of hydrogen-bond acceptors (Lipinski definition) is 3. The van der Waals surface area contributed by atoms with Crippen LogP contribution in [0.4, 0.5) is 0 Å². The fourth-order valence-corrected chi connectivity index (χ4v) is 4.15. The van der Waals surface area contributed by atoms with Gasteiger partial charge in [0.05, 0.1) is 5.56 Å². The van der Waals surface area contributed by atoms with E-state index in [9.17, 15) is 9.59 Å². The van der Waals surface area contributed by atoms with Gasteiger partial charge in [-0.1, -0.05) is 17.7 Å². The van der Waals surface area contributed by atoms with E-state index in [0.29, 0.717) is 41.7 Å². The molecule has 26 heavy (non-hydrogen) atoms. The van der Waals surface area contributed by atoms with Gasteiger partial charge in [-0.05, 0) is 49.1 Å². The highest BCUT2D eigenvalue weighted by Gasteiger charge is 2.39. The Morgan fingerprint density at radius 2 is 1.85 bits per heavy atom. The average molecular weight is 370 g/mol. The second-order valence-corrected chi connectivity index (χ2v) is 7.45. The summed E-state index contributed by atoms with van der Waals surface area (Å²) in [5.41, 5.74) is 1.21. The number of nitrogens with zero attached hydrogens (tertiary/aromatic N) is 3. The molecule has 3 aliphatic rings. The van der Waals surface area contributed by atoms with Gasteiger partial charge in [-0.15, -0.1) is 0 Å². The third-order valence-corrected chi connectivity index (χ3v) is 5.48. The normalized spacial score (nSPS) is 22.2. The van der Waals surface area contributed by atoms with E-state index in [0.717, 1.165) is 12.8 Å². The molecule has 0 spiro atoms. The Hall–Kier alpha value is -2.40. The molecule has 5 rings (SSSR count). The van der Waals surface area contributed by atoms with Crippen molar-refractivity contribution in [2.24, 2.45) is 5.92 Å². The van der Waals surface area contributed by atoms with Crippen LogP contribution in [0.1, 0.15) is 33.6 Å². The summed E-state index contributed by atoms with van der Waals surface area (Å²) in [5, 5.41) is 0.559. The first kappa shape index (κ1) is 17.0. The van der Waals surface area contributed by atoms with Crippen LogP contribution in [-0.2, 0) is 0 Å². The van der Waals surface area contributed by atoms with Crippen molar-refractivity contribution in [2.45, 2.75) is 18.9 Å². The molecule has 5 nitrogen and oxygen atoms in total.